The number of rotatable bonds is 3. The van der Waals surface area contributed by atoms with Crippen LogP contribution in [0.25, 0.3) is 0 Å². The van der Waals surface area contributed by atoms with E-state index in [0.717, 1.165) is 12.8 Å². The van der Waals surface area contributed by atoms with Gasteiger partial charge in [-0.3, -0.25) is 9.69 Å². The summed E-state index contributed by atoms with van der Waals surface area (Å²) in [4.78, 5) is 24.2. The Kier molecular flexibility index (Phi) is 3.70. The van der Waals surface area contributed by atoms with Crippen molar-refractivity contribution in [2.24, 2.45) is 0 Å². The predicted molar refractivity (Wildman–Crippen MR) is 57.7 cm³/mol. The molecule has 0 amide bonds. The van der Waals surface area contributed by atoms with Gasteiger partial charge in [0.25, 0.3) is 5.72 Å². The van der Waals surface area contributed by atoms with Crippen LogP contribution in [0, 0.1) is 0 Å². The summed E-state index contributed by atoms with van der Waals surface area (Å²) in [7, 11) is 0. The molecule has 1 aliphatic rings. The van der Waals surface area contributed by atoms with E-state index in [-0.39, 0.29) is 6.29 Å². The second kappa shape index (κ2) is 4.51. The van der Waals surface area contributed by atoms with Crippen molar-refractivity contribution in [3.8, 4) is 0 Å². The molecule has 0 aliphatic carbocycles. The number of likely N-dealkylation sites (tertiary alicyclic amines) is 1. The van der Waals surface area contributed by atoms with Crippen molar-refractivity contribution >= 4 is 12.3 Å². The molecule has 92 valence electrons. The maximum atomic E-state index is 11.8. The highest BCUT2D eigenvalue weighted by Gasteiger charge is 2.46. The lowest BCUT2D eigenvalue weighted by Crippen LogP contribution is -2.57. The van der Waals surface area contributed by atoms with Crippen molar-refractivity contribution in [3.05, 3.63) is 0 Å². The number of carbonyl (C=O) groups excluding carboxylic acids is 2. The Labute approximate surface area is 95.4 Å². The Morgan fingerprint density at radius 2 is 1.81 bits per heavy atom. The number of carbonyl (C=O) groups is 2. The Morgan fingerprint density at radius 1 is 1.31 bits per heavy atom. The van der Waals surface area contributed by atoms with Crippen LogP contribution < -0.4 is 0 Å². The molecule has 1 N–H and O–H groups in total. The number of esters is 1. The van der Waals surface area contributed by atoms with Gasteiger partial charge in [-0.25, -0.2) is 4.79 Å². The minimum absolute atomic E-state index is 0.256. The molecule has 1 heterocycles. The molecule has 0 bridgehead atoms. The van der Waals surface area contributed by atoms with Crippen LogP contribution in [0.1, 0.15) is 33.6 Å². The van der Waals surface area contributed by atoms with Gasteiger partial charge in [0.2, 0.25) is 0 Å². The van der Waals surface area contributed by atoms with Crippen molar-refractivity contribution in [1.82, 2.24) is 4.90 Å². The third-order valence-corrected chi connectivity index (χ3v) is 2.45. The highest BCUT2D eigenvalue weighted by Crippen LogP contribution is 2.21. The molecular formula is C11H19NO4. The summed E-state index contributed by atoms with van der Waals surface area (Å²) in [6.45, 7) is 6.16. The number of aldehydes is 1. The fraction of sp³-hybridized carbons (Fsp3) is 0.818. The van der Waals surface area contributed by atoms with Crippen LogP contribution in [0.5, 0.6) is 0 Å². The zero-order chi connectivity index (χ0) is 12.4. The second-order valence-corrected chi connectivity index (χ2v) is 5.04. The van der Waals surface area contributed by atoms with E-state index in [1.807, 2.05) is 0 Å². The van der Waals surface area contributed by atoms with Gasteiger partial charge in [-0.15, -0.1) is 0 Å². The normalized spacial score (nSPS) is 21.5. The molecular weight excluding hydrogens is 210 g/mol. The van der Waals surface area contributed by atoms with Gasteiger partial charge in [0.1, 0.15) is 5.60 Å². The molecule has 5 nitrogen and oxygen atoms in total. The first-order valence-corrected chi connectivity index (χ1v) is 5.47. The lowest BCUT2D eigenvalue weighted by Gasteiger charge is -2.32. The van der Waals surface area contributed by atoms with E-state index < -0.39 is 17.3 Å². The van der Waals surface area contributed by atoms with E-state index in [9.17, 15) is 14.7 Å². The summed E-state index contributed by atoms with van der Waals surface area (Å²) >= 11 is 0. The van der Waals surface area contributed by atoms with Crippen LogP contribution >= 0.6 is 0 Å². The Morgan fingerprint density at radius 3 is 2.19 bits per heavy atom. The van der Waals surface area contributed by atoms with Gasteiger partial charge in [0.05, 0.1) is 0 Å². The first-order valence-electron chi connectivity index (χ1n) is 5.47. The number of hydrogen-bond donors (Lipinski definition) is 1. The smallest absolute Gasteiger partial charge is 0.362 e. The van der Waals surface area contributed by atoms with Crippen molar-refractivity contribution in [3.63, 3.8) is 0 Å². The Balaban J connectivity index is 2.78. The SMILES string of the molecule is CC(C)(C)OC(=O)C(O)(C=O)N1CCCC1. The topological polar surface area (TPSA) is 66.8 Å². The van der Waals surface area contributed by atoms with Gasteiger partial charge in [0.15, 0.2) is 6.29 Å². The van der Waals surface area contributed by atoms with Crippen molar-refractivity contribution in [1.29, 1.82) is 0 Å². The predicted octanol–water partition coefficient (Wildman–Crippen LogP) is 0.311. The van der Waals surface area contributed by atoms with Crippen LogP contribution in [-0.2, 0) is 14.3 Å². The third-order valence-electron chi connectivity index (χ3n) is 2.45. The fourth-order valence-electron chi connectivity index (χ4n) is 1.66. The van der Waals surface area contributed by atoms with E-state index in [2.05, 4.69) is 0 Å². The van der Waals surface area contributed by atoms with E-state index in [4.69, 9.17) is 4.74 Å². The highest BCUT2D eigenvalue weighted by atomic mass is 16.6. The average molecular weight is 229 g/mol. The highest BCUT2D eigenvalue weighted by molar-refractivity contribution is 5.96. The zero-order valence-electron chi connectivity index (χ0n) is 10.0. The fourth-order valence-corrected chi connectivity index (χ4v) is 1.66. The summed E-state index contributed by atoms with van der Waals surface area (Å²) in [5.41, 5.74) is -2.84. The molecule has 1 aliphatic heterocycles. The minimum Gasteiger partial charge on any atom is -0.456 e. The Hall–Kier alpha value is -0.940. The van der Waals surface area contributed by atoms with Gasteiger partial charge in [-0.2, -0.15) is 0 Å². The molecule has 0 aromatic heterocycles. The standard InChI is InChI=1S/C11H19NO4/c1-10(2,3)16-9(14)11(15,8-13)12-6-4-5-7-12/h8,15H,4-7H2,1-3H3. The number of nitrogens with zero attached hydrogens (tertiary/aromatic N) is 1. The summed E-state index contributed by atoms with van der Waals surface area (Å²) in [6, 6.07) is 0. The monoisotopic (exact) mass is 229 g/mol. The van der Waals surface area contributed by atoms with E-state index in [1.54, 1.807) is 20.8 Å². The molecule has 1 fully saturated rings. The van der Waals surface area contributed by atoms with Crippen LogP contribution in [0.2, 0.25) is 0 Å². The van der Waals surface area contributed by atoms with Crippen LogP contribution in [0.4, 0.5) is 0 Å². The minimum atomic E-state index is -2.12. The molecule has 1 rings (SSSR count). The van der Waals surface area contributed by atoms with Crippen LogP contribution in [-0.4, -0.2) is 46.7 Å². The first kappa shape index (κ1) is 13.1. The van der Waals surface area contributed by atoms with E-state index in [0.29, 0.717) is 13.1 Å². The molecule has 0 radical (unpaired) electrons. The molecule has 16 heavy (non-hydrogen) atoms. The zero-order valence-corrected chi connectivity index (χ0v) is 10.0. The average Bonchev–Trinajstić information content (AvgIpc) is 2.66. The van der Waals surface area contributed by atoms with Crippen molar-refractivity contribution < 1.29 is 19.4 Å². The van der Waals surface area contributed by atoms with Gasteiger partial charge in [-0.05, 0) is 33.6 Å². The molecule has 0 aromatic carbocycles. The van der Waals surface area contributed by atoms with Gasteiger partial charge in [0, 0.05) is 13.1 Å². The largest absolute Gasteiger partial charge is 0.456 e. The maximum absolute atomic E-state index is 11.8. The van der Waals surface area contributed by atoms with Crippen LogP contribution in [0.15, 0.2) is 0 Å². The summed E-state index contributed by atoms with van der Waals surface area (Å²) in [5.74, 6) is -0.892. The molecule has 0 saturated carbocycles. The quantitative estimate of drug-likeness (QED) is 0.428. The summed E-state index contributed by atoms with van der Waals surface area (Å²) < 4.78 is 5.04. The Bertz CT molecular complexity index is 278. The van der Waals surface area contributed by atoms with E-state index >= 15 is 0 Å². The lowest BCUT2D eigenvalue weighted by atomic mass is 10.1. The van der Waals surface area contributed by atoms with Crippen molar-refractivity contribution in [2.75, 3.05) is 13.1 Å². The molecule has 1 atom stereocenters. The number of aliphatic hydroxyl groups is 1. The van der Waals surface area contributed by atoms with Gasteiger partial charge in [-0.1, -0.05) is 0 Å². The molecule has 1 saturated heterocycles. The van der Waals surface area contributed by atoms with Crippen LogP contribution in [0.3, 0.4) is 0 Å². The second-order valence-electron chi connectivity index (χ2n) is 5.04. The summed E-state index contributed by atoms with van der Waals surface area (Å²) in [6.07, 6.45) is 2.00. The molecule has 5 heteroatoms. The first-order chi connectivity index (χ1) is 7.29. The number of ether oxygens (including phenoxy) is 1. The maximum Gasteiger partial charge on any atom is 0.362 e. The molecule has 0 spiro atoms. The molecule has 1 unspecified atom stereocenters. The summed E-state index contributed by atoms with van der Waals surface area (Å²) in [5, 5.41) is 10.0. The van der Waals surface area contributed by atoms with E-state index in [1.165, 1.54) is 4.90 Å². The van der Waals surface area contributed by atoms with Crippen molar-refractivity contribution in [2.45, 2.75) is 44.9 Å². The molecule has 0 aromatic rings. The lowest BCUT2D eigenvalue weighted by molar-refractivity contribution is -0.194. The van der Waals surface area contributed by atoms with Gasteiger partial charge < -0.3 is 9.84 Å². The third kappa shape index (κ3) is 2.80. The number of hydrogen-bond acceptors (Lipinski definition) is 5. The van der Waals surface area contributed by atoms with Gasteiger partial charge >= 0.3 is 5.97 Å².